The lowest BCUT2D eigenvalue weighted by Crippen LogP contribution is -2.53. The summed E-state index contributed by atoms with van der Waals surface area (Å²) in [6.07, 6.45) is 5.36. The van der Waals surface area contributed by atoms with Crippen LogP contribution in [0.25, 0.3) is 0 Å². The van der Waals surface area contributed by atoms with Crippen molar-refractivity contribution in [2.45, 2.75) is 91.3 Å². The van der Waals surface area contributed by atoms with Crippen LogP contribution < -0.4 is 0 Å². The second-order valence-electron chi connectivity index (χ2n) is 14.1. The summed E-state index contributed by atoms with van der Waals surface area (Å²) in [5.74, 6) is 0.301. The molecule has 1 aromatic carbocycles. The molecule has 2 aliphatic rings. The van der Waals surface area contributed by atoms with Gasteiger partial charge in [0, 0.05) is 44.1 Å². The number of nitrogens with zero attached hydrogens (tertiary/aromatic N) is 2. The monoisotopic (exact) mass is 642 g/mol. The van der Waals surface area contributed by atoms with Gasteiger partial charge < -0.3 is 19.3 Å². The van der Waals surface area contributed by atoms with Gasteiger partial charge in [0.25, 0.3) is 0 Å². The number of allylic oxidation sites excluding steroid dienone is 3. The van der Waals surface area contributed by atoms with Crippen LogP contribution in [-0.4, -0.2) is 70.9 Å². The third kappa shape index (κ3) is 11.5. The molecule has 2 aliphatic heterocycles. The van der Waals surface area contributed by atoms with Gasteiger partial charge in [-0.1, -0.05) is 60.7 Å². The van der Waals surface area contributed by atoms with Crippen LogP contribution in [0.15, 0.2) is 67.3 Å². The second kappa shape index (κ2) is 15.7. The summed E-state index contributed by atoms with van der Waals surface area (Å²) in [6.45, 7) is 23.7. The molecule has 0 unspecified atom stereocenters. The van der Waals surface area contributed by atoms with Gasteiger partial charge in [-0.25, -0.2) is 9.59 Å². The summed E-state index contributed by atoms with van der Waals surface area (Å²) in [5.41, 5.74) is -1.35. The van der Waals surface area contributed by atoms with Crippen molar-refractivity contribution in [2.24, 2.45) is 10.8 Å². The largest absolute Gasteiger partial charge is 0.444 e. The number of amides is 2. The molecule has 0 N–H and O–H groups in total. The zero-order valence-corrected chi connectivity index (χ0v) is 28.7. The Balaban J connectivity index is 0.000000317. The smallest absolute Gasteiger partial charge is 0.410 e. The van der Waals surface area contributed by atoms with E-state index in [2.05, 4.69) is 19.7 Å². The molecule has 2 fully saturated rings. The molecule has 0 saturated carbocycles. The topological polar surface area (TPSA) is 93.2 Å². The lowest BCUT2D eigenvalue weighted by molar-refractivity contribution is -0.134. The lowest BCUT2D eigenvalue weighted by atomic mass is 9.72. The average Bonchev–Trinajstić information content (AvgIpc) is 2.91. The van der Waals surface area contributed by atoms with Crippen LogP contribution in [-0.2, 0) is 25.5 Å². The summed E-state index contributed by atoms with van der Waals surface area (Å²) >= 11 is 5.92. The van der Waals surface area contributed by atoms with E-state index in [0.717, 1.165) is 5.56 Å². The van der Waals surface area contributed by atoms with Crippen molar-refractivity contribution < 1.29 is 28.7 Å². The first-order chi connectivity index (χ1) is 20.8. The van der Waals surface area contributed by atoms with Gasteiger partial charge in [0.2, 0.25) is 0 Å². The van der Waals surface area contributed by atoms with Gasteiger partial charge in [0.15, 0.2) is 0 Å². The normalized spacial score (nSPS) is 22.1. The number of Topliss-reactive ketones (excluding diaryl/α,β-unsaturated/α-hetero) is 2. The molecule has 2 amide bonds. The molecule has 0 bridgehead atoms. The highest BCUT2D eigenvalue weighted by Gasteiger charge is 2.45. The highest BCUT2D eigenvalue weighted by molar-refractivity contribution is 6.29. The fourth-order valence-corrected chi connectivity index (χ4v) is 6.01. The molecule has 45 heavy (non-hydrogen) atoms. The number of hydrogen-bond acceptors (Lipinski definition) is 6. The Bertz CT molecular complexity index is 1250. The van der Waals surface area contributed by atoms with E-state index in [0.29, 0.717) is 69.7 Å². The number of rotatable bonds is 8. The minimum atomic E-state index is -0.726. The Hall–Kier alpha value is -3.39. The lowest BCUT2D eigenvalue weighted by Gasteiger charge is -2.41. The summed E-state index contributed by atoms with van der Waals surface area (Å²) in [6, 6.07) is 9.93. The molecule has 1 aromatic rings. The van der Waals surface area contributed by atoms with Gasteiger partial charge in [-0.3, -0.25) is 9.59 Å². The highest BCUT2D eigenvalue weighted by Crippen LogP contribution is 2.38. The minimum absolute atomic E-state index is 0.101. The van der Waals surface area contributed by atoms with Gasteiger partial charge in [0.1, 0.15) is 22.8 Å². The highest BCUT2D eigenvalue weighted by atomic mass is 35.5. The van der Waals surface area contributed by atoms with E-state index in [4.69, 9.17) is 21.1 Å². The first kappa shape index (κ1) is 37.8. The second-order valence-corrected chi connectivity index (χ2v) is 14.6. The molecule has 2 saturated heterocycles. The number of ether oxygens (including phenoxy) is 2. The molecule has 0 aromatic heterocycles. The standard InChI is InChI=1S/C20H27NO3.C16H24ClNO3/c1-5-12-20(14-16-9-7-6-8-10-16)15-21(13-11-17(20)22)18(23)24-19(2,3)4;1-6-8-16(10-12(2)17)11-18(9-7-13(16)19)14(20)21-15(3,4)5/h5-10H,1,11-15H2,2-4H3;6H,1-2,7-11H2,3-5H3/t20-;16-/m00/s1. The fraction of sp³-hybridized carbons (Fsp3) is 0.556. The van der Waals surface area contributed by atoms with Crippen molar-refractivity contribution in [3.63, 3.8) is 0 Å². The average molecular weight is 643 g/mol. The number of carbonyl (C=O) groups excluding carboxylic acids is 4. The number of benzene rings is 1. The van der Waals surface area contributed by atoms with Crippen LogP contribution in [0.4, 0.5) is 9.59 Å². The first-order valence-electron chi connectivity index (χ1n) is 15.5. The van der Waals surface area contributed by atoms with E-state index in [-0.39, 0.29) is 17.7 Å². The molecule has 0 aliphatic carbocycles. The van der Waals surface area contributed by atoms with Crippen LogP contribution in [0.5, 0.6) is 0 Å². The number of halogens is 1. The van der Waals surface area contributed by atoms with Crippen LogP contribution >= 0.6 is 11.6 Å². The summed E-state index contributed by atoms with van der Waals surface area (Å²) in [7, 11) is 0. The molecule has 248 valence electrons. The maximum atomic E-state index is 12.7. The summed E-state index contributed by atoms with van der Waals surface area (Å²) < 4.78 is 10.9. The van der Waals surface area contributed by atoms with Crippen LogP contribution in [0.2, 0.25) is 0 Å². The Morgan fingerprint density at radius 3 is 1.67 bits per heavy atom. The van der Waals surface area contributed by atoms with Crippen molar-refractivity contribution in [2.75, 3.05) is 26.2 Å². The van der Waals surface area contributed by atoms with Gasteiger partial charge >= 0.3 is 12.2 Å². The first-order valence-corrected chi connectivity index (χ1v) is 15.8. The van der Waals surface area contributed by atoms with Crippen LogP contribution in [0, 0.1) is 10.8 Å². The Labute approximate surface area is 274 Å². The van der Waals surface area contributed by atoms with E-state index in [1.807, 2.05) is 71.9 Å². The van der Waals surface area contributed by atoms with E-state index < -0.39 is 28.1 Å². The summed E-state index contributed by atoms with van der Waals surface area (Å²) in [4.78, 5) is 53.0. The van der Waals surface area contributed by atoms with Crippen molar-refractivity contribution in [1.82, 2.24) is 9.80 Å². The molecule has 3 rings (SSSR count). The van der Waals surface area contributed by atoms with E-state index >= 15 is 0 Å². The SMILES string of the molecule is C=CC[C@]1(CC(=C)Cl)CN(C(=O)OC(C)(C)C)CCC1=O.C=CC[C@]1(Cc2ccccc2)CN(C(=O)OC(C)(C)C)CCC1=O. The quantitative estimate of drug-likeness (QED) is 0.268. The predicted octanol–water partition coefficient (Wildman–Crippen LogP) is 7.90. The fourth-order valence-electron chi connectivity index (χ4n) is 5.75. The Morgan fingerprint density at radius 1 is 0.822 bits per heavy atom. The van der Waals surface area contributed by atoms with Gasteiger partial charge in [-0.2, -0.15) is 0 Å². The van der Waals surface area contributed by atoms with E-state index in [9.17, 15) is 19.2 Å². The number of carbonyl (C=O) groups is 4. The maximum Gasteiger partial charge on any atom is 0.410 e. The van der Waals surface area contributed by atoms with E-state index in [1.165, 1.54) is 0 Å². The number of hydrogen-bond donors (Lipinski definition) is 0. The van der Waals surface area contributed by atoms with Gasteiger partial charge in [-0.15, -0.1) is 13.2 Å². The zero-order chi connectivity index (χ0) is 34.1. The number of likely N-dealkylation sites (tertiary alicyclic amines) is 2. The third-order valence-corrected chi connectivity index (χ3v) is 7.81. The van der Waals surface area contributed by atoms with Crippen LogP contribution in [0.1, 0.15) is 79.2 Å². The Kier molecular flexibility index (Phi) is 13.2. The molecule has 9 heteroatoms. The molecule has 0 radical (unpaired) electrons. The zero-order valence-electron chi connectivity index (χ0n) is 28.0. The Morgan fingerprint density at radius 2 is 1.24 bits per heavy atom. The van der Waals surface area contributed by atoms with Crippen molar-refractivity contribution in [3.8, 4) is 0 Å². The van der Waals surface area contributed by atoms with Crippen molar-refractivity contribution in [1.29, 1.82) is 0 Å². The molecular formula is C36H51ClN2O6. The molecular weight excluding hydrogens is 592 g/mol. The molecule has 2 atom stereocenters. The summed E-state index contributed by atoms with van der Waals surface area (Å²) in [5, 5.41) is 0.413. The minimum Gasteiger partial charge on any atom is -0.444 e. The number of ketones is 2. The van der Waals surface area contributed by atoms with Crippen LogP contribution in [0.3, 0.4) is 0 Å². The number of piperidine rings is 2. The molecule has 8 nitrogen and oxygen atoms in total. The van der Waals surface area contributed by atoms with Crippen molar-refractivity contribution >= 4 is 35.4 Å². The third-order valence-electron chi connectivity index (χ3n) is 7.68. The van der Waals surface area contributed by atoms with E-state index in [1.54, 1.807) is 22.0 Å². The maximum absolute atomic E-state index is 12.7. The predicted molar refractivity (Wildman–Crippen MR) is 179 cm³/mol. The van der Waals surface area contributed by atoms with Crippen molar-refractivity contribution in [3.05, 3.63) is 72.8 Å². The molecule has 2 heterocycles. The van der Waals surface area contributed by atoms with Gasteiger partial charge in [-0.05, 0) is 72.8 Å². The van der Waals surface area contributed by atoms with Gasteiger partial charge in [0.05, 0.1) is 10.8 Å². The molecule has 0 spiro atoms.